The third-order valence-corrected chi connectivity index (χ3v) is 1.86. The molecule has 1 heterocycles. The SMILES string of the molecule is CCOCCC1C(=O)NC(=O)NC1=O.[H-].[Na+]. The van der Waals surface area contributed by atoms with Gasteiger partial charge in [-0.25, -0.2) is 4.79 Å². The first kappa shape index (κ1) is 14.6. The van der Waals surface area contributed by atoms with E-state index in [4.69, 9.17) is 4.74 Å². The number of urea groups is 1. The molecule has 1 rings (SSSR count). The second kappa shape index (κ2) is 6.95. The molecule has 1 aliphatic rings. The zero-order valence-corrected chi connectivity index (χ0v) is 10.8. The number of carbonyl (C=O) groups excluding carboxylic acids is 3. The Morgan fingerprint density at radius 1 is 1.27 bits per heavy atom. The van der Waals surface area contributed by atoms with E-state index < -0.39 is 23.8 Å². The number of hydrogen-bond acceptors (Lipinski definition) is 4. The summed E-state index contributed by atoms with van der Waals surface area (Å²) in [4.78, 5) is 33.0. The van der Waals surface area contributed by atoms with Gasteiger partial charge in [0.05, 0.1) is 0 Å². The van der Waals surface area contributed by atoms with Crippen LogP contribution in [0.25, 0.3) is 0 Å². The summed E-state index contributed by atoms with van der Waals surface area (Å²) >= 11 is 0. The summed E-state index contributed by atoms with van der Waals surface area (Å²) in [6.07, 6.45) is 0.290. The summed E-state index contributed by atoms with van der Waals surface area (Å²) in [5.41, 5.74) is 0. The topological polar surface area (TPSA) is 84.5 Å². The average molecular weight is 224 g/mol. The third-order valence-electron chi connectivity index (χ3n) is 1.86. The fraction of sp³-hybridized carbons (Fsp3) is 0.625. The van der Waals surface area contributed by atoms with Gasteiger partial charge in [0.2, 0.25) is 11.8 Å². The average Bonchev–Trinajstić information content (AvgIpc) is 2.09. The van der Waals surface area contributed by atoms with Crippen LogP contribution in [0.4, 0.5) is 4.79 Å². The van der Waals surface area contributed by atoms with Crippen LogP contribution < -0.4 is 40.2 Å². The van der Waals surface area contributed by atoms with Gasteiger partial charge >= 0.3 is 35.6 Å². The van der Waals surface area contributed by atoms with Crippen LogP contribution in [0.1, 0.15) is 14.8 Å². The van der Waals surface area contributed by atoms with Gasteiger partial charge in [0.1, 0.15) is 5.92 Å². The van der Waals surface area contributed by atoms with E-state index in [1.54, 1.807) is 0 Å². The first-order valence-electron chi connectivity index (χ1n) is 4.38. The molecule has 0 atom stereocenters. The normalized spacial score (nSPS) is 16.7. The van der Waals surface area contributed by atoms with Crippen LogP contribution in [0, 0.1) is 5.92 Å². The molecule has 7 heteroatoms. The summed E-state index contributed by atoms with van der Waals surface area (Å²) in [6.45, 7) is 2.69. The summed E-state index contributed by atoms with van der Waals surface area (Å²) in [5.74, 6) is -1.93. The first-order chi connectivity index (χ1) is 6.65. The van der Waals surface area contributed by atoms with Gasteiger partial charge in [-0.05, 0) is 13.3 Å². The van der Waals surface area contributed by atoms with Gasteiger partial charge in [0.15, 0.2) is 0 Å². The number of amides is 4. The molecular weight excluding hydrogens is 211 g/mol. The van der Waals surface area contributed by atoms with E-state index in [0.717, 1.165) is 0 Å². The number of hydrogen-bond donors (Lipinski definition) is 2. The van der Waals surface area contributed by atoms with Crippen LogP contribution in [-0.2, 0) is 14.3 Å². The van der Waals surface area contributed by atoms with Crippen LogP contribution in [0.3, 0.4) is 0 Å². The smallest absolute Gasteiger partial charge is 1.00 e. The van der Waals surface area contributed by atoms with E-state index in [0.29, 0.717) is 19.6 Å². The zero-order valence-electron chi connectivity index (χ0n) is 9.83. The number of ether oxygens (including phenoxy) is 1. The molecule has 0 bridgehead atoms. The maximum absolute atomic E-state index is 11.2. The van der Waals surface area contributed by atoms with Crippen molar-refractivity contribution in [2.75, 3.05) is 13.2 Å². The second-order valence-electron chi connectivity index (χ2n) is 2.85. The monoisotopic (exact) mass is 224 g/mol. The van der Waals surface area contributed by atoms with Gasteiger partial charge in [0, 0.05) is 13.2 Å². The van der Waals surface area contributed by atoms with E-state index in [9.17, 15) is 14.4 Å². The predicted octanol–water partition coefficient (Wildman–Crippen LogP) is -3.49. The summed E-state index contributed by atoms with van der Waals surface area (Å²) in [7, 11) is 0. The fourth-order valence-corrected chi connectivity index (χ4v) is 1.16. The molecule has 1 aliphatic heterocycles. The van der Waals surface area contributed by atoms with Crippen LogP contribution in [0.5, 0.6) is 0 Å². The molecule has 0 unspecified atom stereocenters. The Bertz CT molecular complexity index is 255. The van der Waals surface area contributed by atoms with Crippen molar-refractivity contribution in [1.29, 1.82) is 0 Å². The van der Waals surface area contributed by atoms with Crippen molar-refractivity contribution in [3.05, 3.63) is 0 Å². The molecule has 0 aromatic heterocycles. The molecule has 0 aromatic rings. The Morgan fingerprint density at radius 3 is 2.27 bits per heavy atom. The van der Waals surface area contributed by atoms with E-state index >= 15 is 0 Å². The van der Waals surface area contributed by atoms with E-state index in [2.05, 4.69) is 0 Å². The predicted molar refractivity (Wildman–Crippen MR) is 47.4 cm³/mol. The standard InChI is InChI=1S/C8H12N2O4.Na.H/c1-2-14-4-3-5-6(11)9-8(13)10-7(5)12;;/h5H,2-4H2,1H3,(H2,9,10,11,12,13);;/q;+1;-1. The first-order valence-corrected chi connectivity index (χ1v) is 4.38. The summed E-state index contributed by atoms with van der Waals surface area (Å²) < 4.78 is 5.01. The van der Waals surface area contributed by atoms with Gasteiger partial charge in [-0.2, -0.15) is 0 Å². The molecule has 15 heavy (non-hydrogen) atoms. The van der Waals surface area contributed by atoms with Crippen molar-refractivity contribution in [2.45, 2.75) is 13.3 Å². The second-order valence-corrected chi connectivity index (χ2v) is 2.85. The van der Waals surface area contributed by atoms with Gasteiger partial charge in [-0.1, -0.05) is 0 Å². The minimum absolute atomic E-state index is 0. The van der Waals surface area contributed by atoms with Crippen LogP contribution in [0.15, 0.2) is 0 Å². The molecule has 1 saturated heterocycles. The maximum atomic E-state index is 11.2. The van der Waals surface area contributed by atoms with Gasteiger partial charge in [-0.3, -0.25) is 20.2 Å². The number of barbiturate groups is 1. The van der Waals surface area contributed by atoms with Gasteiger partial charge in [-0.15, -0.1) is 0 Å². The summed E-state index contributed by atoms with van der Waals surface area (Å²) in [5, 5.41) is 4.04. The van der Waals surface area contributed by atoms with E-state index in [-0.39, 0.29) is 31.0 Å². The quantitative estimate of drug-likeness (QED) is 0.295. The third kappa shape index (κ3) is 4.29. The number of imide groups is 2. The molecule has 80 valence electrons. The maximum Gasteiger partial charge on any atom is 1.00 e. The van der Waals surface area contributed by atoms with Crippen molar-refractivity contribution < 1.29 is 50.1 Å². The summed E-state index contributed by atoms with van der Waals surface area (Å²) in [6, 6.07) is -0.757. The van der Waals surface area contributed by atoms with E-state index in [1.165, 1.54) is 0 Å². The molecule has 0 aromatic carbocycles. The Balaban J connectivity index is 0. The van der Waals surface area contributed by atoms with Crippen molar-refractivity contribution in [3.8, 4) is 0 Å². The Kier molecular flexibility index (Phi) is 6.75. The zero-order chi connectivity index (χ0) is 10.6. The molecule has 6 nitrogen and oxygen atoms in total. The van der Waals surface area contributed by atoms with E-state index in [1.807, 2.05) is 17.6 Å². The van der Waals surface area contributed by atoms with Crippen molar-refractivity contribution in [2.24, 2.45) is 5.92 Å². The van der Waals surface area contributed by atoms with Crippen LogP contribution in [-0.4, -0.2) is 31.1 Å². The minimum Gasteiger partial charge on any atom is -1.00 e. The largest absolute Gasteiger partial charge is 1.00 e. The van der Waals surface area contributed by atoms with Crippen molar-refractivity contribution >= 4 is 17.8 Å². The Morgan fingerprint density at radius 2 is 1.80 bits per heavy atom. The van der Waals surface area contributed by atoms with Gasteiger partial charge in [0.25, 0.3) is 0 Å². The minimum atomic E-state index is -0.820. The number of rotatable bonds is 4. The molecule has 0 spiro atoms. The molecule has 1 fully saturated rings. The molecule has 4 amide bonds. The molecule has 0 aliphatic carbocycles. The molecule has 0 radical (unpaired) electrons. The Hall–Kier alpha value is -0.430. The number of nitrogens with one attached hydrogen (secondary N) is 2. The molecule has 0 saturated carbocycles. The van der Waals surface area contributed by atoms with Crippen LogP contribution >= 0.6 is 0 Å². The van der Waals surface area contributed by atoms with Gasteiger partial charge < -0.3 is 6.16 Å². The molecule has 2 N–H and O–H groups in total. The van der Waals surface area contributed by atoms with Crippen molar-refractivity contribution in [3.63, 3.8) is 0 Å². The van der Waals surface area contributed by atoms with Crippen LogP contribution in [0.2, 0.25) is 0 Å². The molecular formula is C8H13N2NaO4. The Labute approximate surface area is 111 Å². The number of carbonyl (C=O) groups is 3. The fourth-order valence-electron chi connectivity index (χ4n) is 1.16. The van der Waals surface area contributed by atoms with Crippen molar-refractivity contribution in [1.82, 2.24) is 10.6 Å².